The van der Waals surface area contributed by atoms with Gasteiger partial charge in [-0.2, -0.15) is 0 Å². The van der Waals surface area contributed by atoms with Gasteiger partial charge in [-0.3, -0.25) is 4.98 Å². The third kappa shape index (κ3) is 2.59. The molecule has 0 saturated carbocycles. The molecule has 0 fully saturated rings. The maximum atomic E-state index is 10.1. The highest BCUT2D eigenvalue weighted by Crippen LogP contribution is 2.19. The van der Waals surface area contributed by atoms with Gasteiger partial charge in [-0.15, -0.1) is 5.10 Å². The molecule has 4 aromatic rings. The van der Waals surface area contributed by atoms with Crippen molar-refractivity contribution in [3.63, 3.8) is 0 Å². The van der Waals surface area contributed by atoms with Gasteiger partial charge in [0, 0.05) is 11.6 Å². The van der Waals surface area contributed by atoms with Gasteiger partial charge in [0.15, 0.2) is 5.65 Å². The lowest BCUT2D eigenvalue weighted by molar-refractivity contribution is 0.0737. The van der Waals surface area contributed by atoms with Crippen molar-refractivity contribution in [3.05, 3.63) is 54.0 Å². The molecule has 0 saturated heterocycles. The Morgan fingerprint density at radius 1 is 1.17 bits per heavy atom. The molecule has 0 spiro atoms. The Morgan fingerprint density at radius 2 is 2.04 bits per heavy atom. The van der Waals surface area contributed by atoms with Gasteiger partial charge in [0.1, 0.15) is 5.60 Å². The Morgan fingerprint density at radius 3 is 2.88 bits per heavy atom. The van der Waals surface area contributed by atoms with Crippen molar-refractivity contribution in [2.45, 2.75) is 26.0 Å². The Hall–Kier alpha value is -2.93. The van der Waals surface area contributed by atoms with Crippen LogP contribution in [0.1, 0.15) is 25.1 Å². The summed E-state index contributed by atoms with van der Waals surface area (Å²) in [7, 11) is 0. The second-order valence-electron chi connectivity index (χ2n) is 6.24. The molecule has 4 rings (SSSR count). The molecular formula is C17H16N6O. The first-order valence-corrected chi connectivity index (χ1v) is 7.63. The molecule has 1 aromatic carbocycles. The minimum absolute atomic E-state index is 0.463. The number of pyridine rings is 1. The molecule has 0 amide bonds. The molecule has 120 valence electrons. The van der Waals surface area contributed by atoms with E-state index in [2.05, 4.69) is 31.3 Å². The fourth-order valence-electron chi connectivity index (χ4n) is 2.55. The van der Waals surface area contributed by atoms with E-state index in [-0.39, 0.29) is 0 Å². The van der Waals surface area contributed by atoms with Crippen molar-refractivity contribution in [2.24, 2.45) is 0 Å². The number of benzene rings is 1. The van der Waals surface area contributed by atoms with E-state index in [4.69, 9.17) is 0 Å². The van der Waals surface area contributed by atoms with Gasteiger partial charge in [0.05, 0.1) is 24.0 Å². The Bertz CT molecular complexity index is 1030. The van der Waals surface area contributed by atoms with Gasteiger partial charge in [-0.25, -0.2) is 14.6 Å². The maximum Gasteiger partial charge on any atom is 0.221 e. The van der Waals surface area contributed by atoms with Gasteiger partial charge in [0.25, 0.3) is 0 Å². The zero-order valence-corrected chi connectivity index (χ0v) is 13.4. The first kappa shape index (κ1) is 14.6. The number of hydrogen-bond donors (Lipinski definition) is 1. The molecule has 0 aliphatic rings. The van der Waals surface area contributed by atoms with Crippen LogP contribution in [-0.4, -0.2) is 35.1 Å². The van der Waals surface area contributed by atoms with Crippen molar-refractivity contribution in [1.82, 2.24) is 29.9 Å². The van der Waals surface area contributed by atoms with E-state index in [1.165, 1.54) is 6.20 Å². The van der Waals surface area contributed by atoms with Crippen LogP contribution in [0.4, 0.5) is 0 Å². The molecule has 24 heavy (non-hydrogen) atoms. The van der Waals surface area contributed by atoms with Crippen molar-refractivity contribution in [1.29, 1.82) is 0 Å². The van der Waals surface area contributed by atoms with Crippen molar-refractivity contribution in [3.8, 4) is 0 Å². The van der Waals surface area contributed by atoms with E-state index >= 15 is 0 Å². The summed E-state index contributed by atoms with van der Waals surface area (Å²) in [6.07, 6.45) is 3.31. The van der Waals surface area contributed by atoms with E-state index in [0.29, 0.717) is 23.5 Å². The average molecular weight is 320 g/mol. The van der Waals surface area contributed by atoms with Crippen LogP contribution in [0.5, 0.6) is 0 Å². The molecule has 0 radical (unpaired) electrons. The van der Waals surface area contributed by atoms with E-state index < -0.39 is 5.60 Å². The molecule has 3 heterocycles. The van der Waals surface area contributed by atoms with Gasteiger partial charge in [-0.05, 0) is 37.6 Å². The summed E-state index contributed by atoms with van der Waals surface area (Å²) < 4.78 is 1.69. The Labute approximate surface area is 138 Å². The molecule has 0 aliphatic carbocycles. The second-order valence-corrected chi connectivity index (χ2v) is 6.24. The maximum absolute atomic E-state index is 10.1. The number of hydrogen-bond acceptors (Lipinski definition) is 6. The first-order valence-electron chi connectivity index (χ1n) is 7.63. The van der Waals surface area contributed by atoms with E-state index in [1.807, 2.05) is 24.3 Å². The van der Waals surface area contributed by atoms with Gasteiger partial charge >= 0.3 is 0 Å². The zero-order chi connectivity index (χ0) is 16.7. The van der Waals surface area contributed by atoms with Crippen molar-refractivity contribution >= 4 is 22.2 Å². The highest BCUT2D eigenvalue weighted by Gasteiger charge is 2.20. The molecule has 7 nitrogen and oxygen atoms in total. The molecule has 0 aliphatic heterocycles. The fraction of sp³-hybridized carbons (Fsp3) is 0.235. The standard InChI is InChI=1S/C17H16N6O/c1-17(2,24)14-9-19-15-16(20-14)23(22-21-15)10-11-5-6-13-12(8-11)4-3-7-18-13/h3-9,24H,10H2,1-2H3. The lowest BCUT2D eigenvalue weighted by Gasteiger charge is -2.15. The number of rotatable bonds is 3. The molecule has 0 atom stereocenters. The third-order valence-corrected chi connectivity index (χ3v) is 3.85. The Balaban J connectivity index is 1.75. The lowest BCUT2D eigenvalue weighted by atomic mass is 10.1. The third-order valence-electron chi connectivity index (χ3n) is 3.85. The smallest absolute Gasteiger partial charge is 0.221 e. The summed E-state index contributed by atoms with van der Waals surface area (Å²) in [5.41, 5.74) is 2.46. The molecule has 1 N–H and O–H groups in total. The highest BCUT2D eigenvalue weighted by atomic mass is 16.3. The number of nitrogens with zero attached hydrogens (tertiary/aromatic N) is 6. The van der Waals surface area contributed by atoms with Crippen LogP contribution in [0.15, 0.2) is 42.7 Å². The van der Waals surface area contributed by atoms with Crippen LogP contribution in [0.25, 0.3) is 22.2 Å². The largest absolute Gasteiger partial charge is 0.384 e. The Kier molecular flexibility index (Phi) is 3.24. The summed E-state index contributed by atoms with van der Waals surface area (Å²) in [5, 5.41) is 19.4. The van der Waals surface area contributed by atoms with Crippen LogP contribution in [0, 0.1) is 0 Å². The summed E-state index contributed by atoms with van der Waals surface area (Å²) in [6, 6.07) is 10.0. The number of fused-ring (bicyclic) bond motifs is 2. The van der Waals surface area contributed by atoms with Crippen LogP contribution >= 0.6 is 0 Å². The van der Waals surface area contributed by atoms with Gasteiger partial charge < -0.3 is 5.11 Å². The topological polar surface area (TPSA) is 89.6 Å². The summed E-state index contributed by atoms with van der Waals surface area (Å²) >= 11 is 0. The predicted molar refractivity (Wildman–Crippen MR) is 89.2 cm³/mol. The highest BCUT2D eigenvalue weighted by molar-refractivity contribution is 5.79. The molecule has 7 heteroatoms. The normalized spacial score (nSPS) is 12.1. The monoisotopic (exact) mass is 320 g/mol. The van der Waals surface area contributed by atoms with Crippen LogP contribution < -0.4 is 0 Å². The molecular weight excluding hydrogens is 304 g/mol. The SMILES string of the molecule is CC(C)(O)c1cnc2nnn(Cc3ccc4ncccc4c3)c2n1. The first-order chi connectivity index (χ1) is 11.5. The number of aliphatic hydroxyl groups is 1. The molecule has 0 unspecified atom stereocenters. The molecule has 3 aromatic heterocycles. The minimum atomic E-state index is -1.06. The minimum Gasteiger partial charge on any atom is -0.384 e. The summed E-state index contributed by atoms with van der Waals surface area (Å²) in [6.45, 7) is 3.87. The second kappa shape index (κ2) is 5.31. The average Bonchev–Trinajstić information content (AvgIpc) is 2.96. The zero-order valence-electron chi connectivity index (χ0n) is 13.4. The van der Waals surface area contributed by atoms with E-state index in [9.17, 15) is 5.11 Å². The number of aromatic nitrogens is 6. The van der Waals surface area contributed by atoms with Gasteiger partial charge in [0.2, 0.25) is 5.65 Å². The van der Waals surface area contributed by atoms with Crippen LogP contribution in [0.3, 0.4) is 0 Å². The van der Waals surface area contributed by atoms with Crippen molar-refractivity contribution < 1.29 is 5.11 Å². The van der Waals surface area contributed by atoms with E-state index in [0.717, 1.165) is 16.5 Å². The predicted octanol–water partition coefficient (Wildman–Crippen LogP) is 2.05. The van der Waals surface area contributed by atoms with E-state index in [1.54, 1.807) is 24.7 Å². The quantitative estimate of drug-likeness (QED) is 0.621. The van der Waals surface area contributed by atoms with Crippen LogP contribution in [-0.2, 0) is 12.1 Å². The van der Waals surface area contributed by atoms with Crippen molar-refractivity contribution in [2.75, 3.05) is 0 Å². The summed E-state index contributed by atoms with van der Waals surface area (Å²) in [5.74, 6) is 0. The van der Waals surface area contributed by atoms with Crippen LogP contribution in [0.2, 0.25) is 0 Å². The summed E-state index contributed by atoms with van der Waals surface area (Å²) in [4.78, 5) is 13.0. The van der Waals surface area contributed by atoms with Gasteiger partial charge in [-0.1, -0.05) is 17.3 Å². The molecule has 0 bridgehead atoms. The fourth-order valence-corrected chi connectivity index (χ4v) is 2.55. The lowest BCUT2D eigenvalue weighted by Crippen LogP contribution is -2.18.